The lowest BCUT2D eigenvalue weighted by Crippen LogP contribution is -2.29. The number of carbonyl (C=O) groups excluding carboxylic acids is 1. The lowest BCUT2D eigenvalue weighted by atomic mass is 10.0. The summed E-state index contributed by atoms with van der Waals surface area (Å²) in [5.41, 5.74) is 0.300. The minimum absolute atomic E-state index is 0.150. The second-order valence-electron chi connectivity index (χ2n) is 5.74. The van der Waals surface area contributed by atoms with Crippen LogP contribution < -0.4 is 5.32 Å². The predicted molar refractivity (Wildman–Crippen MR) is 67.1 cm³/mol. The van der Waals surface area contributed by atoms with Crippen molar-refractivity contribution in [3.05, 3.63) is 0 Å². The zero-order valence-corrected chi connectivity index (χ0v) is 11.9. The lowest BCUT2D eigenvalue weighted by Gasteiger charge is -2.07. The molecule has 0 spiro atoms. The van der Waals surface area contributed by atoms with Crippen LogP contribution in [0.5, 0.6) is 0 Å². The zero-order chi connectivity index (χ0) is 11.9. The Hall–Kier alpha value is -0.0500. The summed E-state index contributed by atoms with van der Waals surface area (Å²) in [6, 6.07) is 0. The van der Waals surface area contributed by atoms with Crippen molar-refractivity contribution in [2.75, 3.05) is 6.54 Å². The van der Waals surface area contributed by atoms with Gasteiger partial charge in [0.25, 0.3) is 0 Å². The second kappa shape index (κ2) is 4.08. The summed E-state index contributed by atoms with van der Waals surface area (Å²) >= 11 is 3.47. The highest BCUT2D eigenvalue weighted by atomic mass is 79.9. The first-order valence-corrected chi connectivity index (χ1v) is 6.54. The molecule has 15 heavy (non-hydrogen) atoms. The molecule has 1 rings (SSSR count). The van der Waals surface area contributed by atoms with Crippen molar-refractivity contribution < 1.29 is 4.79 Å². The van der Waals surface area contributed by atoms with Crippen LogP contribution in [-0.4, -0.2) is 17.3 Å². The maximum atomic E-state index is 11.9. The first-order valence-electron chi connectivity index (χ1n) is 5.63. The van der Waals surface area contributed by atoms with Crippen molar-refractivity contribution >= 4 is 21.8 Å². The van der Waals surface area contributed by atoms with E-state index >= 15 is 0 Å². The Morgan fingerprint density at radius 1 is 1.33 bits per heavy atom. The molecule has 1 fully saturated rings. The fourth-order valence-corrected chi connectivity index (χ4v) is 2.58. The van der Waals surface area contributed by atoms with Gasteiger partial charge >= 0.3 is 0 Å². The number of amides is 1. The van der Waals surface area contributed by atoms with Gasteiger partial charge in [-0.05, 0) is 17.3 Å². The number of hydrogen-bond donors (Lipinski definition) is 1. The molecule has 0 aromatic rings. The van der Waals surface area contributed by atoms with Gasteiger partial charge in [0.2, 0.25) is 5.91 Å². The molecular formula is C12H22BrNO. The Bertz CT molecular complexity index is 244. The highest BCUT2D eigenvalue weighted by molar-refractivity contribution is 9.09. The molecule has 88 valence electrons. The predicted octanol–water partition coefficient (Wildman–Crippen LogP) is 2.96. The summed E-state index contributed by atoms with van der Waals surface area (Å²) in [6.45, 7) is 11.6. The van der Waals surface area contributed by atoms with Gasteiger partial charge in [0.1, 0.15) is 0 Å². The molecule has 3 heteroatoms. The molecule has 1 unspecified atom stereocenters. The van der Waals surface area contributed by atoms with Crippen molar-refractivity contribution in [3.63, 3.8) is 0 Å². The van der Waals surface area contributed by atoms with Crippen LogP contribution in [0.15, 0.2) is 0 Å². The fourth-order valence-electron chi connectivity index (χ4n) is 2.35. The van der Waals surface area contributed by atoms with Crippen LogP contribution >= 0.6 is 15.9 Å². The summed E-state index contributed by atoms with van der Waals surface area (Å²) in [6.07, 6.45) is 0.985. The van der Waals surface area contributed by atoms with Crippen LogP contribution in [0.25, 0.3) is 0 Å². The van der Waals surface area contributed by atoms with Crippen LogP contribution in [0, 0.1) is 16.7 Å². The molecule has 1 aliphatic rings. The number of halogens is 1. The number of alkyl halides is 1. The SMILES string of the molecule is CC(Br)CCNC(=O)C1C(C)(C)C1(C)C. The average molecular weight is 276 g/mol. The molecule has 0 aromatic carbocycles. The molecule has 0 radical (unpaired) electrons. The van der Waals surface area contributed by atoms with E-state index in [0.29, 0.717) is 4.83 Å². The highest BCUT2D eigenvalue weighted by Crippen LogP contribution is 2.68. The van der Waals surface area contributed by atoms with E-state index in [0.717, 1.165) is 13.0 Å². The monoisotopic (exact) mass is 275 g/mol. The Labute approximate surface area is 101 Å². The van der Waals surface area contributed by atoms with Crippen LogP contribution in [0.4, 0.5) is 0 Å². The molecule has 1 saturated carbocycles. The number of carbonyl (C=O) groups is 1. The van der Waals surface area contributed by atoms with Crippen LogP contribution in [-0.2, 0) is 4.79 Å². The molecule has 0 saturated heterocycles. The normalized spacial score (nSPS) is 24.7. The Balaban J connectivity index is 2.38. The van der Waals surface area contributed by atoms with Crippen molar-refractivity contribution in [1.82, 2.24) is 5.32 Å². The van der Waals surface area contributed by atoms with E-state index in [2.05, 4.69) is 55.9 Å². The molecule has 1 atom stereocenters. The number of nitrogens with one attached hydrogen (secondary N) is 1. The summed E-state index contributed by atoms with van der Waals surface area (Å²) in [5, 5.41) is 3.02. The standard InChI is InChI=1S/C12H22BrNO/c1-8(13)6-7-14-10(15)9-11(2,3)12(9,4)5/h8-9H,6-7H2,1-5H3,(H,14,15). The van der Waals surface area contributed by atoms with E-state index in [1.807, 2.05) is 0 Å². The third-order valence-corrected chi connectivity index (χ3v) is 4.58. The molecule has 2 nitrogen and oxygen atoms in total. The molecule has 1 aliphatic carbocycles. The summed E-state index contributed by atoms with van der Waals surface area (Å²) in [7, 11) is 0. The smallest absolute Gasteiger partial charge is 0.224 e. The molecule has 1 N–H and O–H groups in total. The summed E-state index contributed by atoms with van der Waals surface area (Å²) in [5.74, 6) is 0.397. The minimum atomic E-state index is 0.150. The number of rotatable bonds is 4. The van der Waals surface area contributed by atoms with E-state index in [9.17, 15) is 4.79 Å². The Kier molecular flexibility index (Phi) is 3.54. The van der Waals surface area contributed by atoms with Crippen LogP contribution in [0.2, 0.25) is 0 Å². The Morgan fingerprint density at radius 3 is 2.13 bits per heavy atom. The molecule has 1 amide bonds. The van der Waals surface area contributed by atoms with Crippen molar-refractivity contribution in [2.24, 2.45) is 16.7 Å². The van der Waals surface area contributed by atoms with Gasteiger partial charge in [-0.1, -0.05) is 50.5 Å². The maximum absolute atomic E-state index is 11.9. The van der Waals surface area contributed by atoms with Crippen LogP contribution in [0.1, 0.15) is 41.0 Å². The van der Waals surface area contributed by atoms with Gasteiger partial charge in [-0.25, -0.2) is 0 Å². The second-order valence-corrected chi connectivity index (χ2v) is 7.30. The van der Waals surface area contributed by atoms with Gasteiger partial charge in [0, 0.05) is 17.3 Å². The van der Waals surface area contributed by atoms with Gasteiger partial charge in [0.05, 0.1) is 0 Å². The van der Waals surface area contributed by atoms with E-state index in [1.54, 1.807) is 0 Å². The van der Waals surface area contributed by atoms with Gasteiger partial charge in [0.15, 0.2) is 0 Å². The quantitative estimate of drug-likeness (QED) is 0.786. The van der Waals surface area contributed by atoms with Gasteiger partial charge < -0.3 is 5.32 Å². The first-order chi connectivity index (χ1) is 6.71. The zero-order valence-electron chi connectivity index (χ0n) is 10.4. The van der Waals surface area contributed by atoms with Crippen molar-refractivity contribution in [1.29, 1.82) is 0 Å². The molecule has 0 heterocycles. The summed E-state index contributed by atoms with van der Waals surface area (Å²) < 4.78 is 0. The molecular weight excluding hydrogens is 254 g/mol. The lowest BCUT2D eigenvalue weighted by molar-refractivity contribution is -0.123. The van der Waals surface area contributed by atoms with Crippen LogP contribution in [0.3, 0.4) is 0 Å². The molecule has 0 aromatic heterocycles. The van der Waals surface area contributed by atoms with E-state index in [1.165, 1.54) is 0 Å². The summed E-state index contributed by atoms with van der Waals surface area (Å²) in [4.78, 5) is 12.4. The van der Waals surface area contributed by atoms with Gasteiger partial charge in [-0.15, -0.1) is 0 Å². The third-order valence-electron chi connectivity index (χ3n) is 4.12. The third kappa shape index (κ3) is 2.38. The molecule has 0 bridgehead atoms. The topological polar surface area (TPSA) is 29.1 Å². The largest absolute Gasteiger partial charge is 0.356 e. The first kappa shape index (κ1) is 13.0. The van der Waals surface area contributed by atoms with E-state index in [-0.39, 0.29) is 22.7 Å². The van der Waals surface area contributed by atoms with Gasteiger partial charge in [-0.3, -0.25) is 4.79 Å². The number of hydrogen-bond acceptors (Lipinski definition) is 1. The van der Waals surface area contributed by atoms with E-state index in [4.69, 9.17) is 0 Å². The Morgan fingerprint density at radius 2 is 1.80 bits per heavy atom. The minimum Gasteiger partial charge on any atom is -0.356 e. The highest BCUT2D eigenvalue weighted by Gasteiger charge is 2.68. The van der Waals surface area contributed by atoms with Crippen molar-refractivity contribution in [3.8, 4) is 0 Å². The molecule has 0 aliphatic heterocycles. The van der Waals surface area contributed by atoms with Gasteiger partial charge in [-0.2, -0.15) is 0 Å². The van der Waals surface area contributed by atoms with E-state index < -0.39 is 0 Å². The van der Waals surface area contributed by atoms with Crippen molar-refractivity contribution in [2.45, 2.75) is 45.9 Å². The fraction of sp³-hybridized carbons (Fsp3) is 0.917. The maximum Gasteiger partial charge on any atom is 0.224 e. The average Bonchev–Trinajstić information content (AvgIpc) is 2.41.